The highest BCUT2D eigenvalue weighted by Crippen LogP contribution is 2.23. The lowest BCUT2D eigenvalue weighted by molar-refractivity contribution is -0.385. The Bertz CT molecular complexity index is 1280. The zero-order valence-electron chi connectivity index (χ0n) is 18.6. The third-order valence-corrected chi connectivity index (χ3v) is 5.23. The van der Waals surface area contributed by atoms with Crippen LogP contribution in [0.1, 0.15) is 17.5 Å². The molecule has 0 aliphatic heterocycles. The molecule has 0 atom stereocenters. The van der Waals surface area contributed by atoms with Crippen LogP contribution in [-0.4, -0.2) is 40.6 Å². The number of ether oxygens (including phenoxy) is 1. The fourth-order valence-corrected chi connectivity index (χ4v) is 3.59. The summed E-state index contributed by atoms with van der Waals surface area (Å²) in [5, 5.41) is 11.4. The Kier molecular flexibility index (Phi) is 7.93. The van der Waals surface area contributed by atoms with Crippen molar-refractivity contribution in [3.63, 3.8) is 0 Å². The molecule has 11 nitrogen and oxygen atoms in total. The Morgan fingerprint density at radius 3 is 2.50 bits per heavy atom. The molecule has 1 aromatic heterocycles. The minimum absolute atomic E-state index is 0.0596. The van der Waals surface area contributed by atoms with E-state index >= 15 is 0 Å². The summed E-state index contributed by atoms with van der Waals surface area (Å²) in [6.45, 7) is 0.445. The van der Waals surface area contributed by atoms with Crippen molar-refractivity contribution in [2.24, 2.45) is 0 Å². The van der Waals surface area contributed by atoms with E-state index in [4.69, 9.17) is 10.5 Å². The van der Waals surface area contributed by atoms with Crippen LogP contribution < -0.4 is 21.9 Å². The zero-order valence-corrected chi connectivity index (χ0v) is 18.6. The molecule has 0 bridgehead atoms. The number of benzene rings is 2. The molecule has 0 spiro atoms. The number of nitrogens with one attached hydrogen (secondary N) is 1. The van der Waals surface area contributed by atoms with Crippen molar-refractivity contribution >= 4 is 23.1 Å². The third-order valence-electron chi connectivity index (χ3n) is 5.23. The van der Waals surface area contributed by atoms with Gasteiger partial charge in [0, 0.05) is 31.9 Å². The molecule has 0 aliphatic carbocycles. The maximum atomic E-state index is 13.3. The number of nitrogens with two attached hydrogens (primary N) is 1. The molecule has 178 valence electrons. The Hall–Kier alpha value is -4.25. The lowest BCUT2D eigenvalue weighted by Gasteiger charge is -2.24. The SMILES string of the molecule is COCCCN(C(=O)Cc1ccccc1[N+](=O)[O-])c1c(N)n(Cc2ccccc2)c(=O)[nH]c1=O. The van der Waals surface area contributed by atoms with E-state index in [-0.39, 0.29) is 42.3 Å². The average Bonchev–Trinajstić information content (AvgIpc) is 2.81. The second kappa shape index (κ2) is 11.1. The van der Waals surface area contributed by atoms with Gasteiger partial charge in [-0.3, -0.25) is 29.3 Å². The molecule has 0 radical (unpaired) electrons. The molecule has 3 rings (SSSR count). The number of rotatable bonds is 10. The van der Waals surface area contributed by atoms with Gasteiger partial charge >= 0.3 is 5.69 Å². The number of para-hydroxylation sites is 1. The van der Waals surface area contributed by atoms with Gasteiger partial charge in [0.2, 0.25) is 5.91 Å². The van der Waals surface area contributed by atoms with Gasteiger partial charge in [-0.1, -0.05) is 48.5 Å². The van der Waals surface area contributed by atoms with Gasteiger partial charge in [0.25, 0.3) is 11.2 Å². The number of aromatic nitrogens is 2. The van der Waals surface area contributed by atoms with Gasteiger partial charge in [-0.05, 0) is 12.0 Å². The van der Waals surface area contributed by atoms with Crippen LogP contribution in [0.3, 0.4) is 0 Å². The van der Waals surface area contributed by atoms with E-state index in [1.165, 1.54) is 29.9 Å². The Labute approximate surface area is 194 Å². The van der Waals surface area contributed by atoms with Gasteiger partial charge in [0.05, 0.1) is 17.9 Å². The fourth-order valence-electron chi connectivity index (χ4n) is 3.59. The molecule has 0 aliphatic rings. The molecule has 11 heteroatoms. The lowest BCUT2D eigenvalue weighted by atomic mass is 10.1. The summed E-state index contributed by atoms with van der Waals surface area (Å²) in [5.74, 6) is -0.751. The van der Waals surface area contributed by atoms with Crippen LogP contribution in [0.5, 0.6) is 0 Å². The molecule has 1 heterocycles. The number of H-pyrrole nitrogens is 1. The van der Waals surface area contributed by atoms with Crippen molar-refractivity contribution in [1.82, 2.24) is 9.55 Å². The summed E-state index contributed by atoms with van der Waals surface area (Å²) < 4.78 is 6.23. The molecule has 3 aromatic rings. The Morgan fingerprint density at radius 2 is 1.82 bits per heavy atom. The standard InChI is InChI=1S/C23H25N5O6/c1-34-13-7-12-26(19(29)14-17-10-5-6-11-18(17)28(32)33)20-21(24)27(23(31)25-22(20)30)15-16-8-3-2-4-9-16/h2-6,8-11H,7,12-15,24H2,1H3,(H,25,30,31). The van der Waals surface area contributed by atoms with Gasteiger partial charge in [0.1, 0.15) is 5.82 Å². The van der Waals surface area contributed by atoms with Gasteiger partial charge < -0.3 is 15.4 Å². The highest BCUT2D eigenvalue weighted by Gasteiger charge is 2.26. The van der Waals surface area contributed by atoms with Crippen LogP contribution in [0.15, 0.2) is 64.2 Å². The minimum Gasteiger partial charge on any atom is -0.385 e. The summed E-state index contributed by atoms with van der Waals surface area (Å²) in [4.78, 5) is 52.8. The van der Waals surface area contributed by atoms with E-state index in [0.717, 1.165) is 10.5 Å². The minimum atomic E-state index is -0.819. The first-order valence-electron chi connectivity index (χ1n) is 10.5. The molecule has 0 saturated carbocycles. The Balaban J connectivity index is 2.04. The Morgan fingerprint density at radius 1 is 1.15 bits per heavy atom. The van der Waals surface area contributed by atoms with E-state index in [2.05, 4.69) is 4.98 Å². The van der Waals surface area contributed by atoms with Crippen molar-refractivity contribution in [2.45, 2.75) is 19.4 Å². The second-order valence-electron chi connectivity index (χ2n) is 7.52. The number of carbonyl (C=O) groups excluding carboxylic acids is 1. The van der Waals surface area contributed by atoms with Crippen LogP contribution in [0.2, 0.25) is 0 Å². The van der Waals surface area contributed by atoms with E-state index in [1.54, 1.807) is 30.3 Å². The van der Waals surface area contributed by atoms with Crippen molar-refractivity contribution in [3.05, 3.63) is 96.7 Å². The lowest BCUT2D eigenvalue weighted by Crippen LogP contribution is -2.42. The quantitative estimate of drug-likeness (QED) is 0.261. The molecule has 0 fully saturated rings. The number of hydrogen-bond donors (Lipinski definition) is 2. The molecule has 34 heavy (non-hydrogen) atoms. The molecular weight excluding hydrogens is 442 g/mol. The molecule has 0 unspecified atom stereocenters. The van der Waals surface area contributed by atoms with Crippen molar-refractivity contribution in [3.8, 4) is 0 Å². The van der Waals surface area contributed by atoms with Gasteiger partial charge in [-0.15, -0.1) is 0 Å². The first kappa shape index (κ1) is 24.4. The van der Waals surface area contributed by atoms with Crippen LogP contribution in [0, 0.1) is 10.1 Å². The fraction of sp³-hybridized carbons (Fsp3) is 0.261. The molecule has 0 saturated heterocycles. The number of amides is 1. The van der Waals surface area contributed by atoms with E-state index in [0.29, 0.717) is 13.0 Å². The summed E-state index contributed by atoms with van der Waals surface area (Å²) in [7, 11) is 1.50. The summed E-state index contributed by atoms with van der Waals surface area (Å²) in [6.07, 6.45) is 0.0383. The molecular formula is C23H25N5O6. The van der Waals surface area contributed by atoms with Crippen molar-refractivity contribution < 1.29 is 14.5 Å². The van der Waals surface area contributed by atoms with Crippen LogP contribution in [0.25, 0.3) is 0 Å². The number of anilines is 2. The summed E-state index contributed by atoms with van der Waals surface area (Å²) >= 11 is 0. The van der Waals surface area contributed by atoms with Gasteiger partial charge in [0.15, 0.2) is 5.69 Å². The monoisotopic (exact) mass is 467 g/mol. The van der Waals surface area contributed by atoms with Gasteiger partial charge in [-0.25, -0.2) is 4.79 Å². The molecule has 1 amide bonds. The van der Waals surface area contributed by atoms with Gasteiger partial charge in [-0.2, -0.15) is 0 Å². The van der Waals surface area contributed by atoms with E-state index in [9.17, 15) is 24.5 Å². The first-order chi connectivity index (χ1) is 16.3. The number of methoxy groups -OCH3 is 1. The number of aromatic amines is 1. The number of carbonyl (C=O) groups is 1. The second-order valence-corrected chi connectivity index (χ2v) is 7.52. The first-order valence-corrected chi connectivity index (χ1v) is 10.5. The molecule has 2 aromatic carbocycles. The van der Waals surface area contributed by atoms with E-state index in [1.807, 2.05) is 6.07 Å². The zero-order chi connectivity index (χ0) is 24.7. The third kappa shape index (κ3) is 5.56. The predicted octanol–water partition coefficient (Wildman–Crippen LogP) is 1.69. The van der Waals surface area contributed by atoms with E-state index < -0.39 is 22.1 Å². The topological polar surface area (TPSA) is 154 Å². The average molecular weight is 467 g/mol. The highest BCUT2D eigenvalue weighted by molar-refractivity contribution is 5.97. The van der Waals surface area contributed by atoms with Crippen LogP contribution >= 0.6 is 0 Å². The number of nitro benzene ring substituents is 1. The number of hydrogen-bond acceptors (Lipinski definition) is 7. The van der Waals surface area contributed by atoms with Crippen LogP contribution in [-0.2, 0) is 22.5 Å². The number of nitro groups is 1. The number of nitrogens with zero attached hydrogens (tertiary/aromatic N) is 3. The van der Waals surface area contributed by atoms with Crippen molar-refractivity contribution in [2.75, 3.05) is 30.9 Å². The summed E-state index contributed by atoms with van der Waals surface area (Å²) in [6, 6.07) is 14.9. The van der Waals surface area contributed by atoms with Crippen molar-refractivity contribution in [1.29, 1.82) is 0 Å². The maximum absolute atomic E-state index is 13.3. The smallest absolute Gasteiger partial charge is 0.330 e. The normalized spacial score (nSPS) is 10.7. The molecule has 3 N–H and O–H groups in total. The largest absolute Gasteiger partial charge is 0.385 e. The summed E-state index contributed by atoms with van der Waals surface area (Å²) in [5.41, 5.74) is 5.30. The highest BCUT2D eigenvalue weighted by atomic mass is 16.6. The maximum Gasteiger partial charge on any atom is 0.330 e. The predicted molar refractivity (Wildman–Crippen MR) is 127 cm³/mol. The number of nitrogen functional groups attached to an aromatic ring is 1. The van der Waals surface area contributed by atoms with Crippen LogP contribution in [0.4, 0.5) is 17.2 Å².